The van der Waals surface area contributed by atoms with Crippen molar-refractivity contribution in [2.45, 2.75) is 0 Å². The van der Waals surface area contributed by atoms with Crippen LogP contribution in [0, 0.1) is 0 Å². The van der Waals surface area contributed by atoms with Crippen LogP contribution in [-0.4, -0.2) is 12.0 Å². The molecule has 2 aromatic rings. The molecule has 5 heteroatoms. The van der Waals surface area contributed by atoms with Crippen LogP contribution in [0.15, 0.2) is 36.5 Å². The minimum atomic E-state index is 0.527. The summed E-state index contributed by atoms with van der Waals surface area (Å²) in [4.78, 5) is 4.13. The summed E-state index contributed by atoms with van der Waals surface area (Å²) in [5.41, 5.74) is 1.82. The standard InChI is InChI=1S/C12H11Cl2N3/c1-15-12-7-9(4-5-16-12)17-8-2-3-10(13)11(14)6-8/h2-7H,1H3,(H2,15,16,17). The minimum absolute atomic E-state index is 0.527. The van der Waals surface area contributed by atoms with Gasteiger partial charge in [-0.3, -0.25) is 0 Å². The molecule has 0 unspecified atom stereocenters. The molecule has 0 atom stereocenters. The second kappa shape index (κ2) is 5.25. The van der Waals surface area contributed by atoms with Crippen LogP contribution in [-0.2, 0) is 0 Å². The second-order valence-corrected chi connectivity index (χ2v) is 4.25. The first-order valence-electron chi connectivity index (χ1n) is 5.05. The fourth-order valence-corrected chi connectivity index (χ4v) is 1.68. The summed E-state index contributed by atoms with van der Waals surface area (Å²) in [6.07, 6.45) is 1.73. The van der Waals surface area contributed by atoms with Crippen LogP contribution in [0.2, 0.25) is 10.0 Å². The van der Waals surface area contributed by atoms with Gasteiger partial charge in [-0.05, 0) is 24.3 Å². The van der Waals surface area contributed by atoms with Gasteiger partial charge in [-0.1, -0.05) is 23.2 Å². The molecule has 17 heavy (non-hydrogen) atoms. The van der Waals surface area contributed by atoms with Crippen LogP contribution in [0.4, 0.5) is 17.2 Å². The Bertz CT molecular complexity index is 529. The second-order valence-electron chi connectivity index (χ2n) is 3.43. The SMILES string of the molecule is CNc1cc(Nc2ccc(Cl)c(Cl)c2)ccn1. The van der Waals surface area contributed by atoms with Gasteiger partial charge in [0, 0.05) is 30.7 Å². The number of aromatic nitrogens is 1. The first kappa shape index (κ1) is 12.0. The number of benzene rings is 1. The van der Waals surface area contributed by atoms with E-state index in [1.807, 2.05) is 25.2 Å². The fourth-order valence-electron chi connectivity index (χ4n) is 1.39. The van der Waals surface area contributed by atoms with Gasteiger partial charge in [0.2, 0.25) is 0 Å². The number of anilines is 3. The molecular weight excluding hydrogens is 257 g/mol. The van der Waals surface area contributed by atoms with Gasteiger partial charge in [0.25, 0.3) is 0 Å². The van der Waals surface area contributed by atoms with E-state index in [1.165, 1.54) is 0 Å². The molecule has 1 aromatic carbocycles. The van der Waals surface area contributed by atoms with Gasteiger partial charge < -0.3 is 10.6 Å². The van der Waals surface area contributed by atoms with E-state index >= 15 is 0 Å². The van der Waals surface area contributed by atoms with Gasteiger partial charge in [-0.15, -0.1) is 0 Å². The molecule has 2 rings (SSSR count). The monoisotopic (exact) mass is 267 g/mol. The molecule has 0 aliphatic rings. The molecule has 0 aliphatic carbocycles. The molecule has 0 spiro atoms. The van der Waals surface area contributed by atoms with Crippen molar-refractivity contribution in [3.05, 3.63) is 46.6 Å². The highest BCUT2D eigenvalue weighted by Crippen LogP contribution is 2.27. The third-order valence-electron chi connectivity index (χ3n) is 2.22. The topological polar surface area (TPSA) is 37.0 Å². The molecule has 0 fully saturated rings. The highest BCUT2D eigenvalue weighted by atomic mass is 35.5. The number of nitrogens with zero attached hydrogens (tertiary/aromatic N) is 1. The lowest BCUT2D eigenvalue weighted by atomic mass is 10.3. The maximum atomic E-state index is 5.94. The zero-order valence-electron chi connectivity index (χ0n) is 9.17. The van der Waals surface area contributed by atoms with Crippen molar-refractivity contribution < 1.29 is 0 Å². The number of pyridine rings is 1. The summed E-state index contributed by atoms with van der Waals surface area (Å²) in [6.45, 7) is 0. The number of hydrogen-bond acceptors (Lipinski definition) is 3. The largest absolute Gasteiger partial charge is 0.373 e. The lowest BCUT2D eigenvalue weighted by Crippen LogP contribution is -1.95. The molecule has 0 saturated heterocycles. The Morgan fingerprint density at radius 1 is 1.00 bits per heavy atom. The van der Waals surface area contributed by atoms with Gasteiger partial charge in [-0.2, -0.15) is 0 Å². The quantitative estimate of drug-likeness (QED) is 0.877. The van der Waals surface area contributed by atoms with E-state index in [2.05, 4.69) is 15.6 Å². The van der Waals surface area contributed by atoms with E-state index < -0.39 is 0 Å². The van der Waals surface area contributed by atoms with Crippen molar-refractivity contribution >= 4 is 40.4 Å². The predicted molar refractivity (Wildman–Crippen MR) is 73.5 cm³/mol. The van der Waals surface area contributed by atoms with Crippen molar-refractivity contribution in [3.8, 4) is 0 Å². The van der Waals surface area contributed by atoms with Gasteiger partial charge in [-0.25, -0.2) is 4.98 Å². The molecule has 2 N–H and O–H groups in total. The smallest absolute Gasteiger partial charge is 0.127 e. The van der Waals surface area contributed by atoms with Crippen LogP contribution in [0.5, 0.6) is 0 Å². The van der Waals surface area contributed by atoms with Crippen molar-refractivity contribution in [1.29, 1.82) is 0 Å². The molecule has 3 nitrogen and oxygen atoms in total. The zero-order valence-corrected chi connectivity index (χ0v) is 10.7. The Labute approximate surface area is 110 Å². The maximum Gasteiger partial charge on any atom is 0.127 e. The third kappa shape index (κ3) is 3.02. The average molecular weight is 268 g/mol. The number of hydrogen-bond donors (Lipinski definition) is 2. The Morgan fingerprint density at radius 2 is 1.76 bits per heavy atom. The first-order chi connectivity index (χ1) is 8.19. The van der Waals surface area contributed by atoms with Gasteiger partial charge in [0.15, 0.2) is 0 Å². The zero-order chi connectivity index (χ0) is 12.3. The van der Waals surface area contributed by atoms with Crippen molar-refractivity contribution in [2.75, 3.05) is 17.7 Å². The van der Waals surface area contributed by atoms with Gasteiger partial charge in [0.05, 0.1) is 10.0 Å². The summed E-state index contributed by atoms with van der Waals surface area (Å²) >= 11 is 11.8. The van der Waals surface area contributed by atoms with Crippen molar-refractivity contribution in [3.63, 3.8) is 0 Å². The summed E-state index contributed by atoms with van der Waals surface area (Å²) in [5.74, 6) is 0.801. The van der Waals surface area contributed by atoms with E-state index in [4.69, 9.17) is 23.2 Å². The van der Waals surface area contributed by atoms with E-state index in [0.29, 0.717) is 10.0 Å². The van der Waals surface area contributed by atoms with Crippen molar-refractivity contribution in [2.24, 2.45) is 0 Å². The summed E-state index contributed by atoms with van der Waals surface area (Å²) in [7, 11) is 1.82. The Balaban J connectivity index is 2.22. The molecule has 0 amide bonds. The Kier molecular flexibility index (Phi) is 3.71. The molecule has 1 aromatic heterocycles. The molecule has 88 valence electrons. The molecule has 0 aliphatic heterocycles. The predicted octanol–water partition coefficient (Wildman–Crippen LogP) is 4.17. The van der Waals surface area contributed by atoms with Crippen LogP contribution in [0.1, 0.15) is 0 Å². The Hall–Kier alpha value is -1.45. The summed E-state index contributed by atoms with van der Waals surface area (Å²) < 4.78 is 0. The molecular formula is C12H11Cl2N3. The van der Waals surface area contributed by atoms with Gasteiger partial charge >= 0.3 is 0 Å². The third-order valence-corrected chi connectivity index (χ3v) is 2.96. The highest BCUT2D eigenvalue weighted by molar-refractivity contribution is 6.42. The van der Waals surface area contributed by atoms with Crippen LogP contribution < -0.4 is 10.6 Å². The maximum absolute atomic E-state index is 5.94. The molecule has 0 saturated carbocycles. The van der Waals surface area contributed by atoms with Crippen LogP contribution in [0.3, 0.4) is 0 Å². The first-order valence-corrected chi connectivity index (χ1v) is 5.80. The number of rotatable bonds is 3. The minimum Gasteiger partial charge on any atom is -0.373 e. The Morgan fingerprint density at radius 3 is 2.47 bits per heavy atom. The number of nitrogens with one attached hydrogen (secondary N) is 2. The average Bonchev–Trinajstić information content (AvgIpc) is 2.34. The summed E-state index contributed by atoms with van der Waals surface area (Å²) in [6, 6.07) is 9.19. The van der Waals surface area contributed by atoms with Crippen LogP contribution in [0.25, 0.3) is 0 Å². The van der Waals surface area contributed by atoms with E-state index in [0.717, 1.165) is 17.2 Å². The molecule has 0 bridgehead atoms. The van der Waals surface area contributed by atoms with Crippen LogP contribution >= 0.6 is 23.2 Å². The van der Waals surface area contributed by atoms with E-state index in [9.17, 15) is 0 Å². The van der Waals surface area contributed by atoms with Crippen molar-refractivity contribution in [1.82, 2.24) is 4.98 Å². The normalized spacial score (nSPS) is 10.1. The van der Waals surface area contributed by atoms with E-state index in [1.54, 1.807) is 18.3 Å². The number of halogens is 2. The molecule has 0 radical (unpaired) electrons. The lowest BCUT2D eigenvalue weighted by Gasteiger charge is -2.08. The van der Waals surface area contributed by atoms with E-state index in [-0.39, 0.29) is 0 Å². The molecule has 1 heterocycles. The lowest BCUT2D eigenvalue weighted by molar-refractivity contribution is 1.28. The van der Waals surface area contributed by atoms with Gasteiger partial charge in [0.1, 0.15) is 5.82 Å². The summed E-state index contributed by atoms with van der Waals surface area (Å²) in [5, 5.41) is 7.27. The highest BCUT2D eigenvalue weighted by Gasteiger charge is 2.00. The fraction of sp³-hybridized carbons (Fsp3) is 0.0833.